The third-order valence-corrected chi connectivity index (χ3v) is 7.67. The topological polar surface area (TPSA) is 43.4 Å². The molecule has 0 spiro atoms. The smallest absolute Gasteiger partial charge is 0.306 e. The Bertz CT molecular complexity index is 741. The maximum atomic E-state index is 12.4. The SMILES string of the molecule is CCCCCCC(=O)O[C@@H]1CC[C@H]2[C@@H]3CCC4=CC(=O)CCC4=C3C=C[C@]12C. The molecular weight excluding hydrogens is 348 g/mol. The van der Waals surface area contributed by atoms with Gasteiger partial charge < -0.3 is 4.74 Å². The van der Waals surface area contributed by atoms with Crippen LogP contribution in [0.4, 0.5) is 0 Å². The van der Waals surface area contributed by atoms with Crippen molar-refractivity contribution in [3.63, 3.8) is 0 Å². The normalized spacial score (nSPS) is 33.9. The van der Waals surface area contributed by atoms with Crippen LogP contribution in [-0.4, -0.2) is 17.9 Å². The van der Waals surface area contributed by atoms with Crippen LogP contribution in [0.5, 0.6) is 0 Å². The van der Waals surface area contributed by atoms with E-state index in [1.807, 2.05) is 6.08 Å². The van der Waals surface area contributed by atoms with E-state index in [0.717, 1.165) is 44.9 Å². The van der Waals surface area contributed by atoms with Crippen LogP contribution in [-0.2, 0) is 14.3 Å². The second-order valence-corrected chi connectivity index (χ2v) is 9.39. The van der Waals surface area contributed by atoms with Gasteiger partial charge in [0.1, 0.15) is 6.10 Å². The molecule has 3 heteroatoms. The molecule has 0 unspecified atom stereocenters. The maximum absolute atomic E-state index is 12.4. The Hall–Kier alpha value is -1.64. The van der Waals surface area contributed by atoms with Gasteiger partial charge in [0.2, 0.25) is 0 Å². The first-order valence-corrected chi connectivity index (χ1v) is 11.4. The van der Waals surface area contributed by atoms with Gasteiger partial charge in [-0.3, -0.25) is 9.59 Å². The molecule has 0 heterocycles. The van der Waals surface area contributed by atoms with Gasteiger partial charge in [0.05, 0.1) is 0 Å². The van der Waals surface area contributed by atoms with Crippen LogP contribution in [0.15, 0.2) is 34.9 Å². The van der Waals surface area contributed by atoms with Gasteiger partial charge in [-0.2, -0.15) is 0 Å². The summed E-state index contributed by atoms with van der Waals surface area (Å²) in [4.78, 5) is 24.2. The summed E-state index contributed by atoms with van der Waals surface area (Å²) in [6.07, 6.45) is 17.4. The summed E-state index contributed by atoms with van der Waals surface area (Å²) >= 11 is 0. The first-order valence-electron chi connectivity index (χ1n) is 11.4. The van der Waals surface area contributed by atoms with Gasteiger partial charge in [-0.1, -0.05) is 45.3 Å². The largest absolute Gasteiger partial charge is 0.461 e. The molecule has 0 bridgehead atoms. The van der Waals surface area contributed by atoms with Gasteiger partial charge in [0, 0.05) is 18.3 Å². The van der Waals surface area contributed by atoms with Crippen LogP contribution < -0.4 is 0 Å². The highest BCUT2D eigenvalue weighted by atomic mass is 16.5. The van der Waals surface area contributed by atoms with Gasteiger partial charge in [-0.25, -0.2) is 0 Å². The number of carbonyl (C=O) groups is 2. The van der Waals surface area contributed by atoms with E-state index in [-0.39, 0.29) is 23.3 Å². The van der Waals surface area contributed by atoms with Gasteiger partial charge in [0.15, 0.2) is 5.78 Å². The first-order chi connectivity index (χ1) is 13.5. The van der Waals surface area contributed by atoms with E-state index in [0.29, 0.717) is 24.7 Å². The molecule has 4 atom stereocenters. The third-order valence-electron chi connectivity index (χ3n) is 7.67. The van der Waals surface area contributed by atoms with E-state index in [9.17, 15) is 9.59 Å². The van der Waals surface area contributed by atoms with Crippen molar-refractivity contribution in [2.24, 2.45) is 17.3 Å². The fourth-order valence-corrected chi connectivity index (χ4v) is 6.07. The number of allylic oxidation sites excluding steroid dienone is 5. The second kappa shape index (κ2) is 8.00. The number of ketones is 1. The molecule has 3 nitrogen and oxygen atoms in total. The van der Waals surface area contributed by atoms with Gasteiger partial charge in [-0.15, -0.1) is 0 Å². The fraction of sp³-hybridized carbons (Fsp3) is 0.680. The molecule has 152 valence electrons. The first kappa shape index (κ1) is 19.7. The quantitative estimate of drug-likeness (QED) is 0.427. The molecule has 0 saturated heterocycles. The highest BCUT2D eigenvalue weighted by molar-refractivity contribution is 5.93. The van der Waals surface area contributed by atoms with Crippen LogP contribution in [0.25, 0.3) is 0 Å². The van der Waals surface area contributed by atoms with Crippen LogP contribution in [0.2, 0.25) is 0 Å². The zero-order valence-corrected chi connectivity index (χ0v) is 17.5. The van der Waals surface area contributed by atoms with Gasteiger partial charge in [0.25, 0.3) is 0 Å². The van der Waals surface area contributed by atoms with Crippen molar-refractivity contribution in [1.29, 1.82) is 0 Å². The van der Waals surface area contributed by atoms with Crippen molar-refractivity contribution in [3.8, 4) is 0 Å². The predicted molar refractivity (Wildman–Crippen MR) is 111 cm³/mol. The molecule has 0 aromatic heterocycles. The van der Waals surface area contributed by atoms with Crippen molar-refractivity contribution in [2.45, 2.75) is 90.6 Å². The summed E-state index contributed by atoms with van der Waals surface area (Å²) in [5, 5.41) is 0. The van der Waals surface area contributed by atoms with Crippen LogP contribution in [0.1, 0.15) is 84.5 Å². The molecule has 0 amide bonds. The summed E-state index contributed by atoms with van der Waals surface area (Å²) in [7, 11) is 0. The Kier molecular flexibility index (Phi) is 5.62. The molecule has 0 radical (unpaired) electrons. The van der Waals surface area contributed by atoms with Crippen molar-refractivity contribution in [2.75, 3.05) is 0 Å². The van der Waals surface area contributed by atoms with Gasteiger partial charge in [-0.05, 0) is 73.2 Å². The third kappa shape index (κ3) is 3.53. The highest BCUT2D eigenvalue weighted by Gasteiger charge is 2.53. The monoisotopic (exact) mass is 382 g/mol. The minimum absolute atomic E-state index is 0.0137. The molecule has 0 aromatic carbocycles. The Morgan fingerprint density at radius 3 is 2.82 bits per heavy atom. The van der Waals surface area contributed by atoms with E-state index >= 15 is 0 Å². The summed E-state index contributed by atoms with van der Waals surface area (Å²) in [5.41, 5.74) is 4.15. The average molecular weight is 383 g/mol. The minimum Gasteiger partial charge on any atom is -0.461 e. The molecule has 28 heavy (non-hydrogen) atoms. The number of rotatable bonds is 6. The van der Waals surface area contributed by atoms with E-state index in [1.165, 1.54) is 29.6 Å². The Balaban J connectivity index is 1.49. The van der Waals surface area contributed by atoms with Crippen molar-refractivity contribution in [1.82, 2.24) is 0 Å². The van der Waals surface area contributed by atoms with Crippen molar-refractivity contribution >= 4 is 11.8 Å². The van der Waals surface area contributed by atoms with E-state index < -0.39 is 0 Å². The summed E-state index contributed by atoms with van der Waals surface area (Å²) in [6, 6.07) is 0. The van der Waals surface area contributed by atoms with Crippen LogP contribution in [0, 0.1) is 17.3 Å². The maximum Gasteiger partial charge on any atom is 0.306 e. The molecule has 1 saturated carbocycles. The fourth-order valence-electron chi connectivity index (χ4n) is 6.07. The Labute approximate surface area is 169 Å². The molecule has 4 aliphatic rings. The second-order valence-electron chi connectivity index (χ2n) is 9.39. The zero-order valence-electron chi connectivity index (χ0n) is 17.5. The number of esters is 1. The number of fused-ring (bicyclic) bond motifs is 4. The predicted octanol–water partition coefficient (Wildman–Crippen LogP) is 5.85. The van der Waals surface area contributed by atoms with E-state index in [2.05, 4.69) is 26.0 Å². The molecule has 0 aliphatic heterocycles. The average Bonchev–Trinajstić information content (AvgIpc) is 3.01. The Morgan fingerprint density at radius 1 is 1.14 bits per heavy atom. The van der Waals surface area contributed by atoms with Gasteiger partial charge >= 0.3 is 5.97 Å². The van der Waals surface area contributed by atoms with Crippen molar-refractivity contribution in [3.05, 3.63) is 34.9 Å². The van der Waals surface area contributed by atoms with Crippen LogP contribution >= 0.6 is 0 Å². The molecule has 4 aliphatic carbocycles. The lowest BCUT2D eigenvalue weighted by molar-refractivity contribution is -0.153. The van der Waals surface area contributed by atoms with Crippen LogP contribution in [0.3, 0.4) is 0 Å². The lowest BCUT2D eigenvalue weighted by atomic mass is 9.60. The Morgan fingerprint density at radius 2 is 2.00 bits per heavy atom. The molecule has 0 N–H and O–H groups in total. The van der Waals surface area contributed by atoms with E-state index in [4.69, 9.17) is 4.74 Å². The number of ether oxygens (including phenoxy) is 1. The molecule has 4 rings (SSSR count). The molecular formula is C25H34O3. The lowest BCUT2D eigenvalue weighted by Crippen LogP contribution is -2.40. The summed E-state index contributed by atoms with van der Waals surface area (Å²) in [5.74, 6) is 1.38. The lowest BCUT2D eigenvalue weighted by Gasteiger charge is -2.45. The zero-order chi connectivity index (χ0) is 19.7. The number of hydrogen-bond acceptors (Lipinski definition) is 3. The van der Waals surface area contributed by atoms with E-state index in [1.54, 1.807) is 0 Å². The summed E-state index contributed by atoms with van der Waals surface area (Å²) in [6.45, 7) is 4.49. The number of carbonyl (C=O) groups excluding carboxylic acids is 2. The number of hydrogen-bond donors (Lipinski definition) is 0. The molecule has 1 fully saturated rings. The summed E-state index contributed by atoms with van der Waals surface area (Å²) < 4.78 is 6.00. The number of unbranched alkanes of at least 4 members (excludes halogenated alkanes) is 3. The molecule has 0 aromatic rings. The minimum atomic E-state index is -0.0422. The van der Waals surface area contributed by atoms with Crippen molar-refractivity contribution < 1.29 is 14.3 Å². The standard InChI is InChI=1S/C25H34O3/c1-3-4-5-6-7-24(27)28-23-13-12-22-21-10-8-17-16-18(26)9-11-19(17)20(21)14-15-25(22,23)2/h14-16,21-23H,3-13H2,1-2H3/t21-,22+,23-,25+/m1/s1. The highest BCUT2D eigenvalue weighted by Crippen LogP contribution is 2.57.